The van der Waals surface area contributed by atoms with Crippen LogP contribution >= 0.6 is 12.6 Å². The van der Waals surface area contributed by atoms with Crippen molar-refractivity contribution < 1.29 is 0 Å². The molecule has 0 aliphatic carbocycles. The van der Waals surface area contributed by atoms with Gasteiger partial charge in [0.05, 0.1) is 0 Å². The molecule has 1 atom stereocenters. The molecule has 0 radical (unpaired) electrons. The van der Waals surface area contributed by atoms with E-state index in [-0.39, 0.29) is 0 Å². The van der Waals surface area contributed by atoms with E-state index in [4.69, 9.17) is 0 Å². The summed E-state index contributed by atoms with van der Waals surface area (Å²) in [5.74, 6) is 1.02. The number of hydrogen-bond acceptors (Lipinski definition) is 3. The average molecular weight is 258 g/mol. The van der Waals surface area contributed by atoms with Crippen LogP contribution in [-0.2, 0) is 0 Å². The van der Waals surface area contributed by atoms with Crippen molar-refractivity contribution in [1.82, 2.24) is 9.80 Å². The van der Waals surface area contributed by atoms with Gasteiger partial charge < -0.3 is 4.90 Å². The zero-order valence-electron chi connectivity index (χ0n) is 12.1. The number of rotatable bonds is 7. The number of thiol groups is 1. The Morgan fingerprint density at radius 1 is 1.29 bits per heavy atom. The third kappa shape index (κ3) is 4.15. The molecular weight excluding hydrogens is 228 g/mol. The summed E-state index contributed by atoms with van der Waals surface area (Å²) in [5.41, 5.74) is 0.429. The van der Waals surface area contributed by atoms with Crippen LogP contribution in [0.1, 0.15) is 39.5 Å². The topological polar surface area (TPSA) is 6.48 Å². The second-order valence-corrected chi connectivity index (χ2v) is 6.21. The van der Waals surface area contributed by atoms with Gasteiger partial charge in [-0.15, -0.1) is 0 Å². The fourth-order valence-corrected chi connectivity index (χ4v) is 3.46. The number of nitrogens with zero attached hydrogens (tertiary/aromatic N) is 2. The normalized spacial score (nSPS) is 22.6. The van der Waals surface area contributed by atoms with Gasteiger partial charge in [-0.1, -0.05) is 13.8 Å². The molecule has 0 N–H and O–H groups in total. The van der Waals surface area contributed by atoms with E-state index in [9.17, 15) is 0 Å². The van der Waals surface area contributed by atoms with Crippen molar-refractivity contribution in [2.24, 2.45) is 5.41 Å². The molecule has 1 aliphatic heterocycles. The molecule has 0 bridgehead atoms. The molecule has 3 heteroatoms. The average Bonchev–Trinajstić information content (AvgIpc) is 2.72. The minimum atomic E-state index is 0.429. The zero-order valence-corrected chi connectivity index (χ0v) is 13.0. The molecule has 0 aromatic carbocycles. The van der Waals surface area contributed by atoms with Gasteiger partial charge in [-0.05, 0) is 57.5 Å². The monoisotopic (exact) mass is 258 g/mol. The van der Waals surface area contributed by atoms with E-state index < -0.39 is 0 Å². The Labute approximate surface area is 113 Å². The van der Waals surface area contributed by atoms with E-state index >= 15 is 0 Å². The first-order chi connectivity index (χ1) is 8.06. The molecule has 2 nitrogen and oxygen atoms in total. The maximum Gasteiger partial charge on any atom is 0.0223 e. The van der Waals surface area contributed by atoms with Gasteiger partial charge >= 0.3 is 0 Å². The van der Waals surface area contributed by atoms with E-state index in [1.807, 2.05) is 0 Å². The predicted molar refractivity (Wildman–Crippen MR) is 80.0 cm³/mol. The Hall–Kier alpha value is 0.270. The minimum Gasteiger partial charge on any atom is -0.308 e. The van der Waals surface area contributed by atoms with E-state index in [0.717, 1.165) is 11.8 Å². The van der Waals surface area contributed by atoms with Crippen molar-refractivity contribution in [3.05, 3.63) is 0 Å². The largest absolute Gasteiger partial charge is 0.308 e. The van der Waals surface area contributed by atoms with Gasteiger partial charge in [0.1, 0.15) is 0 Å². The summed E-state index contributed by atoms with van der Waals surface area (Å²) in [6, 6.07) is 0.766. The highest BCUT2D eigenvalue weighted by Crippen LogP contribution is 2.32. The van der Waals surface area contributed by atoms with Crippen molar-refractivity contribution in [2.75, 3.05) is 39.5 Å². The maximum absolute atomic E-state index is 4.60. The van der Waals surface area contributed by atoms with Crippen molar-refractivity contribution in [3.63, 3.8) is 0 Å². The molecule has 0 aromatic rings. The van der Waals surface area contributed by atoms with Crippen LogP contribution in [0.25, 0.3) is 0 Å². The van der Waals surface area contributed by atoms with Gasteiger partial charge in [0.25, 0.3) is 0 Å². The first-order valence-corrected chi connectivity index (χ1v) is 7.69. The summed E-state index contributed by atoms with van der Waals surface area (Å²) >= 11 is 4.60. The molecule has 0 aromatic heterocycles. The molecule has 1 saturated heterocycles. The van der Waals surface area contributed by atoms with Crippen LogP contribution in [0.15, 0.2) is 0 Å². The van der Waals surface area contributed by atoms with E-state index in [2.05, 4.69) is 50.4 Å². The van der Waals surface area contributed by atoms with Crippen LogP contribution in [0.2, 0.25) is 0 Å². The Kier molecular flexibility index (Phi) is 6.32. The molecule has 102 valence electrons. The molecule has 1 unspecified atom stereocenters. The van der Waals surface area contributed by atoms with Gasteiger partial charge in [0.15, 0.2) is 0 Å². The predicted octanol–water partition coefficient (Wildman–Crippen LogP) is 2.75. The molecule has 1 aliphatic rings. The third-order valence-electron chi connectivity index (χ3n) is 4.45. The lowest BCUT2D eigenvalue weighted by atomic mass is 9.83. The minimum absolute atomic E-state index is 0.429. The van der Waals surface area contributed by atoms with Crippen LogP contribution in [-0.4, -0.2) is 55.3 Å². The van der Waals surface area contributed by atoms with Crippen molar-refractivity contribution in [1.29, 1.82) is 0 Å². The lowest BCUT2D eigenvalue weighted by Crippen LogP contribution is -2.44. The van der Waals surface area contributed by atoms with Crippen molar-refractivity contribution in [3.8, 4) is 0 Å². The molecule has 1 heterocycles. The Morgan fingerprint density at radius 2 is 1.94 bits per heavy atom. The summed E-state index contributed by atoms with van der Waals surface area (Å²) in [4.78, 5) is 5.03. The van der Waals surface area contributed by atoms with Gasteiger partial charge in [-0.2, -0.15) is 12.6 Å². The fourth-order valence-electron chi connectivity index (χ4n) is 2.91. The Bertz CT molecular complexity index is 206. The molecular formula is C14H30N2S. The van der Waals surface area contributed by atoms with Gasteiger partial charge in [-0.25, -0.2) is 0 Å². The van der Waals surface area contributed by atoms with Gasteiger partial charge in [0, 0.05) is 19.1 Å². The van der Waals surface area contributed by atoms with Crippen LogP contribution in [0.4, 0.5) is 0 Å². The van der Waals surface area contributed by atoms with E-state index in [0.29, 0.717) is 5.41 Å². The van der Waals surface area contributed by atoms with E-state index in [1.54, 1.807) is 0 Å². The quantitative estimate of drug-likeness (QED) is 0.702. The van der Waals surface area contributed by atoms with E-state index in [1.165, 1.54) is 45.3 Å². The number of hydrogen-bond donors (Lipinski definition) is 1. The molecule has 1 rings (SSSR count). The Morgan fingerprint density at radius 3 is 2.41 bits per heavy atom. The van der Waals surface area contributed by atoms with Crippen LogP contribution in [0, 0.1) is 5.41 Å². The molecule has 0 amide bonds. The first kappa shape index (κ1) is 15.3. The lowest BCUT2D eigenvalue weighted by Gasteiger charge is -2.37. The lowest BCUT2D eigenvalue weighted by molar-refractivity contribution is 0.130. The fraction of sp³-hybridized carbons (Fsp3) is 1.00. The maximum atomic E-state index is 4.60. The second kappa shape index (κ2) is 7.01. The van der Waals surface area contributed by atoms with Crippen LogP contribution < -0.4 is 0 Å². The molecule has 0 spiro atoms. The highest BCUT2D eigenvalue weighted by Gasteiger charge is 2.33. The summed E-state index contributed by atoms with van der Waals surface area (Å²) < 4.78 is 0. The highest BCUT2D eigenvalue weighted by atomic mass is 32.1. The standard InChI is InChI=1S/C14H30N2S/c1-5-14(6-2,12-17)11-16-9-7-8-13(16)10-15(3)4/h13,17H,5-12H2,1-4H3. The number of likely N-dealkylation sites (N-methyl/N-ethyl adjacent to an activating group) is 1. The van der Waals surface area contributed by atoms with Gasteiger partial charge in [-0.3, -0.25) is 4.90 Å². The Balaban J connectivity index is 2.59. The summed E-state index contributed by atoms with van der Waals surface area (Å²) in [5, 5.41) is 0. The summed E-state index contributed by atoms with van der Waals surface area (Å²) in [6.45, 7) is 8.36. The molecule has 0 saturated carbocycles. The molecule has 1 fully saturated rings. The van der Waals surface area contributed by atoms with Crippen LogP contribution in [0.3, 0.4) is 0 Å². The van der Waals surface area contributed by atoms with Crippen molar-refractivity contribution >= 4 is 12.6 Å². The first-order valence-electron chi connectivity index (χ1n) is 7.06. The summed E-state index contributed by atoms with van der Waals surface area (Å²) in [6.07, 6.45) is 5.24. The summed E-state index contributed by atoms with van der Waals surface area (Å²) in [7, 11) is 4.37. The smallest absolute Gasteiger partial charge is 0.0223 e. The molecule has 17 heavy (non-hydrogen) atoms. The SMILES string of the molecule is CCC(CC)(CS)CN1CCCC1CN(C)C. The zero-order chi connectivity index (χ0) is 12.9. The van der Waals surface area contributed by atoms with Crippen LogP contribution in [0.5, 0.6) is 0 Å². The van der Waals surface area contributed by atoms with Crippen molar-refractivity contribution in [2.45, 2.75) is 45.6 Å². The van der Waals surface area contributed by atoms with Gasteiger partial charge in [0.2, 0.25) is 0 Å². The highest BCUT2D eigenvalue weighted by molar-refractivity contribution is 7.80. The third-order valence-corrected chi connectivity index (χ3v) is 5.12. The second-order valence-electron chi connectivity index (χ2n) is 5.89. The number of likely N-dealkylation sites (tertiary alicyclic amines) is 1.